The molecule has 2 unspecified atom stereocenters. The number of rotatable bonds is 9. The van der Waals surface area contributed by atoms with E-state index in [4.69, 9.17) is 0 Å². The van der Waals surface area contributed by atoms with Gasteiger partial charge in [-0.2, -0.15) is 0 Å². The number of para-hydroxylation sites is 1. The first-order valence-electron chi connectivity index (χ1n) is 10.9. The Bertz CT molecular complexity index is 731. The average Bonchev–Trinajstić information content (AvgIpc) is 3.07. The predicted octanol–water partition coefficient (Wildman–Crippen LogP) is 4.09. The number of nitrogens with one attached hydrogen (secondary N) is 2. The fraction of sp³-hybridized carbons (Fsp3) is 0.609. The summed E-state index contributed by atoms with van der Waals surface area (Å²) in [6.07, 6.45) is 6.60. The molecule has 3 rings (SSSR count). The molecule has 1 aliphatic rings. The number of nitrogens with zero attached hydrogens (tertiary/aromatic N) is 2. The Labute approximate surface area is 169 Å². The summed E-state index contributed by atoms with van der Waals surface area (Å²) >= 11 is 0. The van der Waals surface area contributed by atoms with Gasteiger partial charge in [0.2, 0.25) is 0 Å². The van der Waals surface area contributed by atoms with Crippen molar-refractivity contribution in [2.45, 2.75) is 46.1 Å². The summed E-state index contributed by atoms with van der Waals surface area (Å²) in [6, 6.07) is 10.5. The highest BCUT2D eigenvalue weighted by atomic mass is 16.2. The van der Waals surface area contributed by atoms with Gasteiger partial charge in [-0.05, 0) is 61.6 Å². The molecule has 1 aromatic carbocycles. The third-order valence-corrected chi connectivity index (χ3v) is 5.67. The molecule has 1 fully saturated rings. The first kappa shape index (κ1) is 20.7. The fourth-order valence-corrected chi connectivity index (χ4v) is 4.49. The third kappa shape index (κ3) is 6.26. The smallest absolute Gasteiger partial charge is 0.314 e. The van der Waals surface area contributed by atoms with Crippen LogP contribution in [0.3, 0.4) is 0 Å². The summed E-state index contributed by atoms with van der Waals surface area (Å²) in [4.78, 5) is 14.5. The summed E-state index contributed by atoms with van der Waals surface area (Å²) in [5.74, 6) is 1.63. The maximum Gasteiger partial charge on any atom is 0.314 e. The summed E-state index contributed by atoms with van der Waals surface area (Å²) in [5.41, 5.74) is 1.25. The van der Waals surface area contributed by atoms with Gasteiger partial charge in [0.1, 0.15) is 0 Å². The minimum atomic E-state index is -0.0439. The number of urea groups is 1. The summed E-state index contributed by atoms with van der Waals surface area (Å²) in [5, 5.41) is 7.22. The number of likely N-dealkylation sites (tertiary alicyclic amines) is 1. The van der Waals surface area contributed by atoms with E-state index >= 15 is 0 Å². The third-order valence-electron chi connectivity index (χ3n) is 5.67. The molecule has 0 radical (unpaired) electrons. The first-order chi connectivity index (χ1) is 13.6. The van der Waals surface area contributed by atoms with Crippen molar-refractivity contribution in [1.82, 2.24) is 20.1 Å². The largest absolute Gasteiger partial charge is 0.347 e. The van der Waals surface area contributed by atoms with Crippen molar-refractivity contribution in [3.05, 3.63) is 36.5 Å². The number of amides is 2. The quantitative estimate of drug-likeness (QED) is 0.640. The predicted molar refractivity (Wildman–Crippen MR) is 117 cm³/mol. The lowest BCUT2D eigenvalue weighted by atomic mass is 9.92. The van der Waals surface area contributed by atoms with Crippen molar-refractivity contribution in [3.8, 4) is 0 Å². The maximum absolute atomic E-state index is 11.9. The molecule has 2 N–H and O–H groups in total. The second-order valence-corrected chi connectivity index (χ2v) is 8.52. The van der Waals surface area contributed by atoms with Crippen LogP contribution in [0.2, 0.25) is 0 Å². The topological polar surface area (TPSA) is 49.3 Å². The van der Waals surface area contributed by atoms with E-state index in [1.165, 1.54) is 30.4 Å². The number of piperidine rings is 1. The van der Waals surface area contributed by atoms with E-state index in [0.717, 1.165) is 50.7 Å². The molecule has 0 aliphatic carbocycles. The molecule has 2 aromatic rings. The van der Waals surface area contributed by atoms with Gasteiger partial charge in [0.15, 0.2) is 0 Å². The van der Waals surface area contributed by atoms with Crippen LogP contribution in [-0.2, 0) is 6.54 Å². The molecule has 1 aromatic heterocycles. The lowest BCUT2D eigenvalue weighted by molar-refractivity contribution is 0.139. The second kappa shape index (κ2) is 10.5. The Kier molecular flexibility index (Phi) is 7.78. The Morgan fingerprint density at radius 1 is 0.964 bits per heavy atom. The number of carbonyl (C=O) groups excluding carboxylic acids is 1. The molecule has 1 saturated heterocycles. The van der Waals surface area contributed by atoms with Crippen molar-refractivity contribution in [2.75, 3.05) is 32.7 Å². The van der Waals surface area contributed by atoms with Crippen LogP contribution in [0.1, 0.15) is 39.5 Å². The zero-order chi connectivity index (χ0) is 19.8. The number of carbonyl (C=O) groups is 1. The zero-order valence-electron chi connectivity index (χ0n) is 17.5. The standard InChI is InChI=1S/C23H36N4O/c1-19-16-20(2)18-26(17-19)13-6-5-11-24-23(28)25-12-7-14-27-15-10-21-8-3-4-9-22(21)27/h3-4,8-10,15,19-20H,5-7,11-14,16-18H2,1-2H3,(H2,24,25,28). The molecule has 5 nitrogen and oxygen atoms in total. The van der Waals surface area contributed by atoms with Crippen LogP contribution in [0.25, 0.3) is 10.9 Å². The fourth-order valence-electron chi connectivity index (χ4n) is 4.49. The monoisotopic (exact) mass is 384 g/mol. The molecule has 28 heavy (non-hydrogen) atoms. The minimum Gasteiger partial charge on any atom is -0.347 e. The van der Waals surface area contributed by atoms with Crippen molar-refractivity contribution in [2.24, 2.45) is 11.8 Å². The number of aromatic nitrogens is 1. The van der Waals surface area contributed by atoms with E-state index in [-0.39, 0.29) is 6.03 Å². The molecule has 2 amide bonds. The van der Waals surface area contributed by atoms with Gasteiger partial charge in [-0.25, -0.2) is 4.79 Å². The van der Waals surface area contributed by atoms with Crippen molar-refractivity contribution in [1.29, 1.82) is 0 Å². The highest BCUT2D eigenvalue weighted by molar-refractivity contribution is 5.79. The van der Waals surface area contributed by atoms with E-state index in [1.54, 1.807) is 0 Å². The maximum atomic E-state index is 11.9. The molecule has 5 heteroatoms. The Hall–Kier alpha value is -2.01. The number of benzene rings is 1. The average molecular weight is 385 g/mol. The second-order valence-electron chi connectivity index (χ2n) is 8.52. The van der Waals surface area contributed by atoms with E-state index in [9.17, 15) is 4.79 Å². The van der Waals surface area contributed by atoms with E-state index in [0.29, 0.717) is 6.54 Å². The minimum absolute atomic E-state index is 0.0439. The summed E-state index contributed by atoms with van der Waals surface area (Å²) < 4.78 is 2.25. The van der Waals surface area contributed by atoms with Gasteiger partial charge in [0.25, 0.3) is 0 Å². The number of hydrogen-bond acceptors (Lipinski definition) is 2. The SMILES string of the molecule is CC1CC(C)CN(CCCCNC(=O)NCCCn2ccc3ccccc32)C1. The molecular formula is C23H36N4O. The van der Waals surface area contributed by atoms with E-state index in [2.05, 4.69) is 70.5 Å². The molecule has 0 bridgehead atoms. The number of unbranched alkanes of at least 4 members (excludes halogenated alkanes) is 1. The Balaban J connectivity index is 1.22. The molecule has 1 aliphatic heterocycles. The summed E-state index contributed by atoms with van der Waals surface area (Å²) in [7, 11) is 0. The zero-order valence-corrected chi connectivity index (χ0v) is 17.5. The van der Waals surface area contributed by atoms with Crippen LogP contribution >= 0.6 is 0 Å². The van der Waals surface area contributed by atoms with Crippen LogP contribution in [0, 0.1) is 11.8 Å². The molecule has 154 valence electrons. The first-order valence-corrected chi connectivity index (χ1v) is 10.9. The van der Waals surface area contributed by atoms with E-state index < -0.39 is 0 Å². The van der Waals surface area contributed by atoms with Crippen LogP contribution in [0.5, 0.6) is 0 Å². The molecule has 0 saturated carbocycles. The van der Waals surface area contributed by atoms with Gasteiger partial charge in [0.05, 0.1) is 0 Å². The number of aryl methyl sites for hydroxylation is 1. The van der Waals surface area contributed by atoms with Crippen molar-refractivity contribution >= 4 is 16.9 Å². The Morgan fingerprint density at radius 3 is 2.46 bits per heavy atom. The van der Waals surface area contributed by atoms with Gasteiger partial charge in [-0.3, -0.25) is 0 Å². The normalized spacial score (nSPS) is 20.4. The molecule has 0 spiro atoms. The van der Waals surface area contributed by atoms with Gasteiger partial charge in [-0.1, -0.05) is 32.0 Å². The highest BCUT2D eigenvalue weighted by Gasteiger charge is 2.20. The summed E-state index contributed by atoms with van der Waals surface area (Å²) in [6.45, 7) is 10.7. The van der Waals surface area contributed by atoms with Crippen molar-refractivity contribution < 1.29 is 4.79 Å². The molecular weight excluding hydrogens is 348 g/mol. The number of fused-ring (bicyclic) bond motifs is 1. The van der Waals surface area contributed by atoms with Crippen LogP contribution in [0.4, 0.5) is 4.79 Å². The lowest BCUT2D eigenvalue weighted by Gasteiger charge is -2.34. The van der Waals surface area contributed by atoms with Gasteiger partial charge in [0, 0.05) is 44.4 Å². The highest BCUT2D eigenvalue weighted by Crippen LogP contribution is 2.21. The number of hydrogen-bond donors (Lipinski definition) is 2. The Morgan fingerprint density at radius 2 is 1.68 bits per heavy atom. The van der Waals surface area contributed by atoms with Crippen LogP contribution in [0.15, 0.2) is 36.5 Å². The van der Waals surface area contributed by atoms with Gasteiger partial charge < -0.3 is 20.1 Å². The van der Waals surface area contributed by atoms with E-state index in [1.807, 2.05) is 0 Å². The van der Waals surface area contributed by atoms with Gasteiger partial charge in [-0.15, -0.1) is 0 Å². The molecule has 2 atom stereocenters. The van der Waals surface area contributed by atoms with Crippen LogP contribution in [-0.4, -0.2) is 48.2 Å². The van der Waals surface area contributed by atoms with Gasteiger partial charge >= 0.3 is 6.03 Å². The lowest BCUT2D eigenvalue weighted by Crippen LogP contribution is -2.39. The molecule has 2 heterocycles. The van der Waals surface area contributed by atoms with Crippen LogP contribution < -0.4 is 10.6 Å². The van der Waals surface area contributed by atoms with Crippen molar-refractivity contribution in [3.63, 3.8) is 0 Å².